The Bertz CT molecular complexity index is 899. The molecule has 0 unspecified atom stereocenters. The topological polar surface area (TPSA) is 139 Å². The third kappa shape index (κ3) is 59.2. The normalized spacial score (nSPS) is 10.9. The second kappa shape index (κ2) is 62.1. The van der Waals surface area contributed by atoms with Crippen LogP contribution in [0.4, 0.5) is 0 Å². The molecule has 9 heteroatoms. The van der Waals surface area contributed by atoms with Gasteiger partial charge in [0.25, 0.3) is 0 Å². The van der Waals surface area contributed by atoms with E-state index < -0.39 is 6.10 Å². The Morgan fingerprint density at radius 3 is 0.636 bits per heavy atom. The molecule has 0 heterocycles. The number of esters is 3. The fraction of sp³-hybridized carbons (Fsp3) is 0.947. The van der Waals surface area contributed by atoms with E-state index in [1.165, 1.54) is 231 Å². The SMILES string of the molecule is CCCCCCCCCCCCCCCCCC(=O)OCC(COC(=O)CCCCCCCCCCCCCCCCC)OC(=O)CCCCCCCCCCCCCCCCC.[Mg+2].[OH-].[OH-]. The second-order valence-corrected chi connectivity index (χ2v) is 19.6. The Morgan fingerprint density at radius 1 is 0.273 bits per heavy atom. The summed E-state index contributed by atoms with van der Waals surface area (Å²) in [5.41, 5.74) is 0. The molecule has 0 amide bonds. The van der Waals surface area contributed by atoms with Gasteiger partial charge >= 0.3 is 41.0 Å². The summed E-state index contributed by atoms with van der Waals surface area (Å²) in [5, 5.41) is 0. The smallest absolute Gasteiger partial charge is 0.870 e. The molecule has 0 aromatic rings. The van der Waals surface area contributed by atoms with Crippen molar-refractivity contribution < 1.29 is 39.5 Å². The van der Waals surface area contributed by atoms with Gasteiger partial charge in [0.1, 0.15) is 13.2 Å². The van der Waals surface area contributed by atoms with Crippen LogP contribution in [-0.2, 0) is 28.6 Å². The summed E-state index contributed by atoms with van der Waals surface area (Å²) in [4.78, 5) is 38.1. The van der Waals surface area contributed by atoms with Crippen molar-refractivity contribution in [3.05, 3.63) is 0 Å². The minimum Gasteiger partial charge on any atom is -0.870 e. The fourth-order valence-electron chi connectivity index (χ4n) is 8.80. The van der Waals surface area contributed by atoms with Crippen molar-refractivity contribution >= 4 is 41.0 Å². The van der Waals surface area contributed by atoms with Crippen molar-refractivity contribution in [3.8, 4) is 0 Å². The summed E-state index contributed by atoms with van der Waals surface area (Å²) in [5.74, 6) is -0.832. The number of rotatable bonds is 53. The molecule has 0 saturated heterocycles. The van der Waals surface area contributed by atoms with Gasteiger partial charge in [-0.2, -0.15) is 0 Å². The molecule has 66 heavy (non-hydrogen) atoms. The van der Waals surface area contributed by atoms with Crippen LogP contribution in [-0.4, -0.2) is 71.2 Å². The monoisotopic (exact) mass is 949 g/mol. The molecule has 0 bridgehead atoms. The molecule has 0 radical (unpaired) electrons. The summed E-state index contributed by atoms with van der Waals surface area (Å²) in [7, 11) is 0. The molecular weight excluding hydrogens is 837 g/mol. The van der Waals surface area contributed by atoms with Gasteiger partial charge in [0.05, 0.1) is 0 Å². The Balaban J connectivity index is -0.00000641. The zero-order valence-electron chi connectivity index (χ0n) is 44.5. The maximum atomic E-state index is 12.8. The van der Waals surface area contributed by atoms with Crippen molar-refractivity contribution in [2.45, 2.75) is 335 Å². The minimum absolute atomic E-state index is 0. The molecule has 0 rings (SSSR count). The van der Waals surface area contributed by atoms with Crippen molar-refractivity contribution in [2.24, 2.45) is 0 Å². The van der Waals surface area contributed by atoms with Gasteiger partial charge in [-0.15, -0.1) is 0 Å². The van der Waals surface area contributed by atoms with Gasteiger partial charge < -0.3 is 25.2 Å². The van der Waals surface area contributed by atoms with E-state index in [1.54, 1.807) is 0 Å². The number of unbranched alkanes of at least 4 members (excludes halogenated alkanes) is 42. The largest absolute Gasteiger partial charge is 2.00 e. The predicted molar refractivity (Wildman–Crippen MR) is 280 cm³/mol. The summed E-state index contributed by atoms with van der Waals surface area (Å²) in [6.07, 6.45) is 58.0. The number of carbonyl (C=O) groups excluding carboxylic acids is 3. The zero-order chi connectivity index (χ0) is 45.8. The summed E-state index contributed by atoms with van der Waals surface area (Å²) < 4.78 is 16.9. The Kier molecular flexibility index (Phi) is 67.4. The summed E-state index contributed by atoms with van der Waals surface area (Å²) in [6.45, 7) is 6.71. The van der Waals surface area contributed by atoms with Gasteiger partial charge in [-0.3, -0.25) is 14.4 Å². The van der Waals surface area contributed by atoms with Crippen LogP contribution >= 0.6 is 0 Å². The van der Waals surface area contributed by atoms with Gasteiger partial charge in [0, 0.05) is 19.3 Å². The first kappa shape index (κ1) is 71.6. The molecule has 2 N–H and O–H groups in total. The average Bonchev–Trinajstić information content (AvgIpc) is 3.28. The first-order valence-corrected chi connectivity index (χ1v) is 28.5. The molecule has 390 valence electrons. The maximum absolute atomic E-state index is 12.8. The van der Waals surface area contributed by atoms with E-state index in [-0.39, 0.29) is 65.1 Å². The van der Waals surface area contributed by atoms with Crippen molar-refractivity contribution in [1.82, 2.24) is 0 Å². The standard InChI is InChI=1S/C57H110O6.Mg.2H2O/c1-4-7-10-13-16-19-22-25-28-31-34-37-40-43-46-49-55(58)61-52-54(63-57(60)51-48-45-42-39-36-33-30-27-24-21-18-15-12-9-6-3)53-62-56(59)50-47-44-41-38-35-32-29-26-23-20-17-14-11-8-5-2;;;/h54H,4-53H2,1-3H3;;2*1H2/q;+2;;/p-2. The zero-order valence-corrected chi connectivity index (χ0v) is 45.9. The molecule has 8 nitrogen and oxygen atoms in total. The Morgan fingerprint density at radius 2 is 0.439 bits per heavy atom. The number of carbonyl (C=O) groups is 3. The fourth-order valence-corrected chi connectivity index (χ4v) is 8.80. The third-order valence-electron chi connectivity index (χ3n) is 13.1. The maximum Gasteiger partial charge on any atom is 2.00 e. The molecule has 0 aliphatic rings. The van der Waals surface area contributed by atoms with Crippen LogP contribution < -0.4 is 0 Å². The number of hydrogen-bond donors (Lipinski definition) is 0. The summed E-state index contributed by atoms with van der Waals surface area (Å²) >= 11 is 0. The minimum atomic E-state index is -0.760. The van der Waals surface area contributed by atoms with Crippen LogP contribution in [0.15, 0.2) is 0 Å². The van der Waals surface area contributed by atoms with E-state index >= 15 is 0 Å². The first-order chi connectivity index (χ1) is 31.0. The van der Waals surface area contributed by atoms with E-state index in [4.69, 9.17) is 14.2 Å². The average molecular weight is 950 g/mol. The van der Waals surface area contributed by atoms with E-state index in [1.807, 2.05) is 0 Å². The van der Waals surface area contributed by atoms with Gasteiger partial charge in [-0.05, 0) is 19.3 Å². The van der Waals surface area contributed by atoms with Crippen molar-refractivity contribution in [1.29, 1.82) is 0 Å². The Hall–Kier alpha value is -0.904. The molecule has 0 aromatic carbocycles. The molecule has 0 aromatic heterocycles. The molecule has 0 spiro atoms. The molecule has 0 aliphatic carbocycles. The van der Waals surface area contributed by atoms with Gasteiger partial charge in [0.2, 0.25) is 0 Å². The van der Waals surface area contributed by atoms with Crippen LogP contribution in [0.2, 0.25) is 0 Å². The van der Waals surface area contributed by atoms with Crippen LogP contribution in [0.25, 0.3) is 0 Å². The predicted octanol–water partition coefficient (Wildman–Crippen LogP) is 18.0. The van der Waals surface area contributed by atoms with Crippen LogP contribution in [0, 0.1) is 0 Å². The van der Waals surface area contributed by atoms with E-state index in [0.29, 0.717) is 19.3 Å². The second-order valence-electron chi connectivity index (χ2n) is 19.6. The van der Waals surface area contributed by atoms with Crippen molar-refractivity contribution in [2.75, 3.05) is 13.2 Å². The molecule has 0 fully saturated rings. The van der Waals surface area contributed by atoms with Crippen molar-refractivity contribution in [3.63, 3.8) is 0 Å². The van der Waals surface area contributed by atoms with Gasteiger partial charge in [0.15, 0.2) is 6.10 Å². The molecule has 0 aliphatic heterocycles. The van der Waals surface area contributed by atoms with Crippen LogP contribution in [0.1, 0.15) is 329 Å². The molecule has 0 atom stereocenters. The molecular formula is C57H112MgO8. The van der Waals surface area contributed by atoms with Crippen LogP contribution in [0.5, 0.6) is 0 Å². The van der Waals surface area contributed by atoms with E-state index in [9.17, 15) is 14.4 Å². The quantitative estimate of drug-likeness (QED) is 0.0254. The van der Waals surface area contributed by atoms with E-state index in [0.717, 1.165) is 57.8 Å². The summed E-state index contributed by atoms with van der Waals surface area (Å²) in [6, 6.07) is 0. The van der Waals surface area contributed by atoms with Gasteiger partial charge in [-0.1, -0.05) is 290 Å². The van der Waals surface area contributed by atoms with Crippen LogP contribution in [0.3, 0.4) is 0 Å². The van der Waals surface area contributed by atoms with Gasteiger partial charge in [-0.25, -0.2) is 0 Å². The Labute approximate surface area is 426 Å². The third-order valence-corrected chi connectivity index (χ3v) is 13.1. The number of ether oxygens (including phenoxy) is 3. The number of hydrogen-bond acceptors (Lipinski definition) is 8. The first-order valence-electron chi connectivity index (χ1n) is 28.5. The van der Waals surface area contributed by atoms with E-state index in [2.05, 4.69) is 20.8 Å². The molecule has 0 saturated carbocycles.